The van der Waals surface area contributed by atoms with E-state index in [-0.39, 0.29) is 6.03 Å². The van der Waals surface area contributed by atoms with Crippen molar-refractivity contribution < 1.29 is 14.3 Å². The molecule has 0 bridgehead atoms. The summed E-state index contributed by atoms with van der Waals surface area (Å²) in [5.41, 5.74) is 2.65. The van der Waals surface area contributed by atoms with Crippen molar-refractivity contribution in [2.45, 2.75) is 13.0 Å². The maximum atomic E-state index is 12.1. The Hall–Kier alpha value is -3.38. The first-order chi connectivity index (χ1) is 14.3. The molecule has 0 saturated heterocycles. The van der Waals surface area contributed by atoms with Gasteiger partial charge in [-0.3, -0.25) is 4.98 Å². The van der Waals surface area contributed by atoms with E-state index >= 15 is 0 Å². The average Bonchev–Trinajstić information content (AvgIpc) is 2.75. The number of hydrogen-bond acceptors (Lipinski definition) is 4. The fourth-order valence-corrected chi connectivity index (χ4v) is 2.69. The van der Waals surface area contributed by atoms with Gasteiger partial charge in [0.2, 0.25) is 0 Å². The van der Waals surface area contributed by atoms with Gasteiger partial charge < -0.3 is 20.1 Å². The summed E-state index contributed by atoms with van der Waals surface area (Å²) in [6.45, 7) is 1.95. The fourth-order valence-electron chi connectivity index (χ4n) is 2.69. The summed E-state index contributed by atoms with van der Waals surface area (Å²) < 4.78 is 11.3. The minimum atomic E-state index is -0.240. The highest BCUT2D eigenvalue weighted by molar-refractivity contribution is 5.89. The highest BCUT2D eigenvalue weighted by atomic mass is 16.5. The van der Waals surface area contributed by atoms with Crippen LogP contribution in [0.3, 0.4) is 0 Å². The van der Waals surface area contributed by atoms with Gasteiger partial charge in [0.25, 0.3) is 0 Å². The number of carbonyl (C=O) groups is 1. The van der Waals surface area contributed by atoms with Crippen LogP contribution in [0.25, 0.3) is 0 Å². The molecule has 29 heavy (non-hydrogen) atoms. The molecule has 150 valence electrons. The highest BCUT2D eigenvalue weighted by Crippen LogP contribution is 2.12. The zero-order chi connectivity index (χ0) is 20.2. The number of pyridine rings is 1. The number of anilines is 1. The van der Waals surface area contributed by atoms with Crippen LogP contribution in [0.15, 0.2) is 79.0 Å². The van der Waals surface area contributed by atoms with E-state index in [1.807, 2.05) is 72.8 Å². The third kappa shape index (κ3) is 7.63. The molecule has 0 aliphatic carbocycles. The van der Waals surface area contributed by atoms with E-state index in [1.165, 1.54) is 0 Å². The van der Waals surface area contributed by atoms with E-state index in [4.69, 9.17) is 9.47 Å². The van der Waals surface area contributed by atoms with Crippen LogP contribution in [0.4, 0.5) is 10.5 Å². The standard InChI is InChI=1S/C23H25N3O3/c27-23(25-14-12-20-8-4-5-13-24-20)26-21-9-6-7-19(17-21)18-28-15-16-29-22-10-2-1-3-11-22/h1-11,13,17H,12,14-16,18H2,(H2,25,26,27). The second-order valence-corrected chi connectivity index (χ2v) is 6.37. The minimum Gasteiger partial charge on any atom is -0.491 e. The Morgan fingerprint density at radius 1 is 0.931 bits per heavy atom. The third-order valence-corrected chi connectivity index (χ3v) is 4.09. The van der Waals surface area contributed by atoms with Crippen molar-refractivity contribution in [3.05, 3.63) is 90.3 Å². The van der Waals surface area contributed by atoms with Crippen molar-refractivity contribution >= 4 is 11.7 Å². The van der Waals surface area contributed by atoms with Crippen LogP contribution in [0, 0.1) is 0 Å². The molecule has 6 nitrogen and oxygen atoms in total. The largest absolute Gasteiger partial charge is 0.491 e. The molecule has 3 rings (SSSR count). The molecule has 2 N–H and O–H groups in total. The lowest BCUT2D eigenvalue weighted by Gasteiger charge is -2.10. The van der Waals surface area contributed by atoms with Crippen molar-refractivity contribution in [1.29, 1.82) is 0 Å². The number of amides is 2. The topological polar surface area (TPSA) is 72.5 Å². The summed E-state index contributed by atoms with van der Waals surface area (Å²) >= 11 is 0. The summed E-state index contributed by atoms with van der Waals surface area (Å²) in [5.74, 6) is 0.830. The Morgan fingerprint density at radius 3 is 2.62 bits per heavy atom. The summed E-state index contributed by atoms with van der Waals surface area (Å²) in [6.07, 6.45) is 2.43. The molecule has 6 heteroatoms. The van der Waals surface area contributed by atoms with E-state index in [2.05, 4.69) is 15.6 Å². The second-order valence-electron chi connectivity index (χ2n) is 6.37. The molecule has 2 amide bonds. The van der Waals surface area contributed by atoms with Crippen LogP contribution >= 0.6 is 0 Å². The van der Waals surface area contributed by atoms with Gasteiger partial charge in [0.15, 0.2) is 0 Å². The summed E-state index contributed by atoms with van der Waals surface area (Å²) in [6, 6.07) is 22.7. The van der Waals surface area contributed by atoms with Gasteiger partial charge in [-0.05, 0) is 42.0 Å². The molecule has 0 saturated carbocycles. The first-order valence-electron chi connectivity index (χ1n) is 9.59. The van der Waals surface area contributed by atoms with Gasteiger partial charge in [-0.1, -0.05) is 36.4 Å². The van der Waals surface area contributed by atoms with E-state index in [9.17, 15) is 4.79 Å². The molecule has 0 spiro atoms. The number of ether oxygens (including phenoxy) is 2. The summed E-state index contributed by atoms with van der Waals surface area (Å²) in [7, 11) is 0. The van der Waals surface area contributed by atoms with E-state index in [0.717, 1.165) is 22.7 Å². The Bertz CT molecular complexity index is 873. The van der Waals surface area contributed by atoms with E-state index in [1.54, 1.807) is 6.20 Å². The number of hydrogen-bond donors (Lipinski definition) is 2. The SMILES string of the molecule is O=C(NCCc1ccccn1)Nc1cccc(COCCOc2ccccc2)c1. The maximum Gasteiger partial charge on any atom is 0.319 e. The normalized spacial score (nSPS) is 10.3. The number of aromatic nitrogens is 1. The van der Waals surface area contributed by atoms with Gasteiger partial charge in [-0.2, -0.15) is 0 Å². The Balaban J connectivity index is 1.34. The minimum absolute atomic E-state index is 0.240. The van der Waals surface area contributed by atoms with Crippen LogP contribution in [0.2, 0.25) is 0 Å². The lowest BCUT2D eigenvalue weighted by Crippen LogP contribution is -2.30. The van der Waals surface area contributed by atoms with Crippen LogP contribution in [-0.4, -0.2) is 30.8 Å². The molecule has 3 aromatic rings. The molecule has 0 fully saturated rings. The van der Waals surface area contributed by atoms with Gasteiger partial charge in [-0.25, -0.2) is 4.79 Å². The predicted molar refractivity (Wildman–Crippen MR) is 113 cm³/mol. The number of urea groups is 1. The van der Waals surface area contributed by atoms with Crippen LogP contribution in [0.5, 0.6) is 5.75 Å². The molecule has 2 aromatic carbocycles. The number of rotatable bonds is 10. The molecule has 0 unspecified atom stereocenters. The molecule has 0 aliphatic rings. The Labute approximate surface area is 170 Å². The van der Waals surface area contributed by atoms with Crippen molar-refractivity contribution in [1.82, 2.24) is 10.3 Å². The number of para-hydroxylation sites is 1. The van der Waals surface area contributed by atoms with Gasteiger partial charge in [0.1, 0.15) is 12.4 Å². The average molecular weight is 391 g/mol. The maximum absolute atomic E-state index is 12.1. The van der Waals surface area contributed by atoms with Gasteiger partial charge in [-0.15, -0.1) is 0 Å². The second kappa shape index (κ2) is 11.5. The number of nitrogens with zero attached hydrogens (tertiary/aromatic N) is 1. The van der Waals surface area contributed by atoms with E-state index < -0.39 is 0 Å². The summed E-state index contributed by atoms with van der Waals surface area (Å²) in [4.78, 5) is 16.3. The van der Waals surface area contributed by atoms with Gasteiger partial charge in [0.05, 0.1) is 13.2 Å². The lowest BCUT2D eigenvalue weighted by molar-refractivity contribution is 0.0889. The van der Waals surface area contributed by atoms with Crippen LogP contribution in [-0.2, 0) is 17.8 Å². The van der Waals surface area contributed by atoms with Crippen LogP contribution in [0.1, 0.15) is 11.3 Å². The van der Waals surface area contributed by atoms with Crippen LogP contribution < -0.4 is 15.4 Å². The van der Waals surface area contributed by atoms with E-state index in [0.29, 0.717) is 32.8 Å². The van der Waals surface area contributed by atoms with Crippen molar-refractivity contribution in [3.63, 3.8) is 0 Å². The third-order valence-electron chi connectivity index (χ3n) is 4.09. The monoisotopic (exact) mass is 391 g/mol. The van der Waals surface area contributed by atoms with Gasteiger partial charge in [0, 0.05) is 30.5 Å². The number of nitrogens with one attached hydrogen (secondary N) is 2. The van der Waals surface area contributed by atoms with Crippen molar-refractivity contribution in [2.75, 3.05) is 25.1 Å². The first kappa shape index (κ1) is 20.4. The number of benzene rings is 2. The molecule has 0 radical (unpaired) electrons. The fraction of sp³-hybridized carbons (Fsp3) is 0.217. The zero-order valence-corrected chi connectivity index (χ0v) is 16.2. The first-order valence-corrected chi connectivity index (χ1v) is 9.59. The molecule has 0 atom stereocenters. The smallest absolute Gasteiger partial charge is 0.319 e. The number of carbonyl (C=O) groups excluding carboxylic acids is 1. The highest BCUT2D eigenvalue weighted by Gasteiger charge is 2.03. The summed E-state index contributed by atoms with van der Waals surface area (Å²) in [5, 5.41) is 5.68. The molecule has 1 heterocycles. The lowest BCUT2D eigenvalue weighted by atomic mass is 10.2. The molecular formula is C23H25N3O3. The van der Waals surface area contributed by atoms with Gasteiger partial charge >= 0.3 is 6.03 Å². The molecular weight excluding hydrogens is 366 g/mol. The Morgan fingerprint density at radius 2 is 1.79 bits per heavy atom. The molecule has 0 aliphatic heterocycles. The van der Waals surface area contributed by atoms with Crippen molar-refractivity contribution in [3.8, 4) is 5.75 Å². The zero-order valence-electron chi connectivity index (χ0n) is 16.2. The predicted octanol–water partition coefficient (Wildman–Crippen LogP) is 4.04. The Kier molecular flexibility index (Phi) is 8.04. The quantitative estimate of drug-likeness (QED) is 0.512. The molecule has 1 aromatic heterocycles. The van der Waals surface area contributed by atoms with Crippen molar-refractivity contribution in [2.24, 2.45) is 0 Å².